The summed E-state index contributed by atoms with van der Waals surface area (Å²) >= 11 is 0. The molecule has 0 saturated heterocycles. The SMILES string of the molecule is COCCC(=O)Nc1ccc2c(c1)C1CCCCC1C(c1ccccc1)N2. The number of fused-ring (bicyclic) bond motifs is 3. The van der Waals surface area contributed by atoms with E-state index in [-0.39, 0.29) is 5.91 Å². The monoisotopic (exact) mass is 364 g/mol. The summed E-state index contributed by atoms with van der Waals surface area (Å²) in [4.78, 5) is 12.1. The van der Waals surface area contributed by atoms with Gasteiger partial charge in [0.15, 0.2) is 0 Å². The first-order valence-corrected chi connectivity index (χ1v) is 10.0. The Kier molecular flexibility index (Phi) is 5.44. The van der Waals surface area contributed by atoms with Gasteiger partial charge in [0, 0.05) is 18.5 Å². The van der Waals surface area contributed by atoms with E-state index in [0.29, 0.717) is 30.9 Å². The molecule has 0 spiro atoms. The number of hydrogen-bond donors (Lipinski definition) is 2. The molecule has 1 aliphatic heterocycles. The summed E-state index contributed by atoms with van der Waals surface area (Å²) in [5, 5.41) is 6.81. The zero-order valence-electron chi connectivity index (χ0n) is 15.9. The van der Waals surface area contributed by atoms with Crippen LogP contribution in [0.15, 0.2) is 48.5 Å². The van der Waals surface area contributed by atoms with Gasteiger partial charge in [-0.15, -0.1) is 0 Å². The molecule has 1 amide bonds. The quantitative estimate of drug-likeness (QED) is 0.776. The lowest BCUT2D eigenvalue weighted by atomic mass is 9.68. The van der Waals surface area contributed by atoms with Crippen LogP contribution in [0.25, 0.3) is 0 Å². The Labute approximate surface area is 161 Å². The van der Waals surface area contributed by atoms with Crippen LogP contribution in [-0.2, 0) is 9.53 Å². The van der Waals surface area contributed by atoms with Gasteiger partial charge in [-0.2, -0.15) is 0 Å². The van der Waals surface area contributed by atoms with Gasteiger partial charge in [-0.3, -0.25) is 4.79 Å². The maximum Gasteiger partial charge on any atom is 0.226 e. The fourth-order valence-corrected chi connectivity index (χ4v) is 4.71. The van der Waals surface area contributed by atoms with E-state index in [2.05, 4.69) is 53.1 Å². The summed E-state index contributed by atoms with van der Waals surface area (Å²) in [7, 11) is 1.62. The Morgan fingerprint density at radius 2 is 1.96 bits per heavy atom. The Bertz CT molecular complexity index is 790. The molecule has 4 heteroatoms. The standard InChI is InChI=1S/C23H28N2O2/c1-27-14-13-22(26)24-17-11-12-21-20(15-17)18-9-5-6-10-19(18)23(25-21)16-7-3-2-4-8-16/h2-4,7-8,11-12,15,18-19,23,25H,5-6,9-10,13-14H2,1H3,(H,24,26). The minimum absolute atomic E-state index is 0.00271. The van der Waals surface area contributed by atoms with Crippen LogP contribution in [0, 0.1) is 5.92 Å². The van der Waals surface area contributed by atoms with Crippen molar-refractivity contribution in [1.29, 1.82) is 0 Å². The number of benzene rings is 2. The topological polar surface area (TPSA) is 50.4 Å². The van der Waals surface area contributed by atoms with E-state index in [1.54, 1.807) is 7.11 Å². The molecule has 0 aromatic heterocycles. The van der Waals surface area contributed by atoms with Crippen LogP contribution < -0.4 is 10.6 Å². The molecule has 27 heavy (non-hydrogen) atoms. The van der Waals surface area contributed by atoms with Gasteiger partial charge in [0.05, 0.1) is 19.1 Å². The number of anilines is 2. The maximum absolute atomic E-state index is 12.1. The van der Waals surface area contributed by atoms with E-state index >= 15 is 0 Å². The molecule has 2 aliphatic rings. The number of nitrogens with one attached hydrogen (secondary N) is 2. The lowest BCUT2D eigenvalue weighted by molar-refractivity contribution is -0.117. The van der Waals surface area contributed by atoms with Crippen LogP contribution in [0.2, 0.25) is 0 Å². The van der Waals surface area contributed by atoms with Gasteiger partial charge in [0.1, 0.15) is 0 Å². The third-order valence-electron chi connectivity index (χ3n) is 5.99. The Hall–Kier alpha value is -2.33. The zero-order chi connectivity index (χ0) is 18.6. The van der Waals surface area contributed by atoms with E-state index in [1.165, 1.54) is 42.5 Å². The van der Waals surface area contributed by atoms with Crippen molar-refractivity contribution in [3.63, 3.8) is 0 Å². The predicted octanol–water partition coefficient (Wildman–Crippen LogP) is 5.10. The van der Waals surface area contributed by atoms with E-state index in [0.717, 1.165) is 5.69 Å². The highest BCUT2D eigenvalue weighted by molar-refractivity contribution is 5.91. The number of methoxy groups -OCH3 is 1. The first kappa shape index (κ1) is 18.1. The van der Waals surface area contributed by atoms with E-state index in [9.17, 15) is 4.79 Å². The third kappa shape index (κ3) is 3.86. The molecule has 0 radical (unpaired) electrons. The van der Waals surface area contributed by atoms with Gasteiger partial charge in [-0.1, -0.05) is 43.2 Å². The van der Waals surface area contributed by atoms with Crippen molar-refractivity contribution in [2.75, 3.05) is 24.4 Å². The van der Waals surface area contributed by atoms with E-state index in [4.69, 9.17) is 4.74 Å². The molecule has 1 fully saturated rings. The zero-order valence-corrected chi connectivity index (χ0v) is 15.9. The molecular formula is C23H28N2O2. The summed E-state index contributed by atoms with van der Waals surface area (Å²) in [6.07, 6.45) is 5.44. The van der Waals surface area contributed by atoms with Gasteiger partial charge in [0.2, 0.25) is 5.91 Å². The minimum Gasteiger partial charge on any atom is -0.384 e. The minimum atomic E-state index is 0.00271. The Morgan fingerprint density at radius 3 is 2.78 bits per heavy atom. The van der Waals surface area contributed by atoms with Crippen LogP contribution in [0.4, 0.5) is 11.4 Å². The number of rotatable bonds is 5. The highest BCUT2D eigenvalue weighted by Gasteiger charge is 2.38. The molecule has 2 aromatic rings. The second-order valence-corrected chi connectivity index (χ2v) is 7.68. The molecule has 4 nitrogen and oxygen atoms in total. The molecule has 142 valence electrons. The van der Waals surface area contributed by atoms with E-state index in [1.807, 2.05) is 6.07 Å². The van der Waals surface area contributed by atoms with Gasteiger partial charge < -0.3 is 15.4 Å². The molecule has 1 aliphatic carbocycles. The molecule has 3 atom stereocenters. The van der Waals surface area contributed by atoms with E-state index < -0.39 is 0 Å². The number of ether oxygens (including phenoxy) is 1. The van der Waals surface area contributed by atoms with Gasteiger partial charge in [-0.05, 0) is 54.0 Å². The normalized spacial score (nSPS) is 23.7. The molecule has 1 heterocycles. The van der Waals surface area contributed by atoms with Crippen LogP contribution in [0.1, 0.15) is 55.2 Å². The molecule has 1 saturated carbocycles. The first-order chi connectivity index (χ1) is 13.3. The molecule has 0 bridgehead atoms. The summed E-state index contributed by atoms with van der Waals surface area (Å²) in [6, 6.07) is 17.5. The van der Waals surface area contributed by atoms with Gasteiger partial charge in [-0.25, -0.2) is 0 Å². The molecule has 2 aromatic carbocycles. The summed E-state index contributed by atoms with van der Waals surface area (Å²) < 4.78 is 4.99. The summed E-state index contributed by atoms with van der Waals surface area (Å²) in [5.41, 5.74) is 4.83. The lowest BCUT2D eigenvalue weighted by Crippen LogP contribution is -2.33. The van der Waals surface area contributed by atoms with Crippen LogP contribution >= 0.6 is 0 Å². The number of amides is 1. The van der Waals surface area contributed by atoms with Crippen molar-refractivity contribution < 1.29 is 9.53 Å². The first-order valence-electron chi connectivity index (χ1n) is 10.0. The second kappa shape index (κ2) is 8.13. The number of hydrogen-bond acceptors (Lipinski definition) is 3. The Balaban J connectivity index is 1.61. The lowest BCUT2D eigenvalue weighted by Gasteiger charge is -2.44. The maximum atomic E-state index is 12.1. The van der Waals surface area contributed by atoms with Gasteiger partial charge >= 0.3 is 0 Å². The highest BCUT2D eigenvalue weighted by Crippen LogP contribution is 2.51. The average molecular weight is 364 g/mol. The van der Waals surface area contributed by atoms with Crippen LogP contribution in [-0.4, -0.2) is 19.6 Å². The molecular weight excluding hydrogens is 336 g/mol. The summed E-state index contributed by atoms with van der Waals surface area (Å²) in [5.74, 6) is 1.16. The van der Waals surface area contributed by atoms with Crippen LogP contribution in [0.5, 0.6) is 0 Å². The van der Waals surface area contributed by atoms with Crippen molar-refractivity contribution in [1.82, 2.24) is 0 Å². The fraction of sp³-hybridized carbons (Fsp3) is 0.435. The number of carbonyl (C=O) groups is 1. The largest absolute Gasteiger partial charge is 0.384 e. The summed E-state index contributed by atoms with van der Waals surface area (Å²) in [6.45, 7) is 0.446. The molecule has 2 N–H and O–H groups in total. The van der Waals surface area contributed by atoms with Crippen molar-refractivity contribution in [2.24, 2.45) is 5.92 Å². The molecule has 4 rings (SSSR count). The average Bonchev–Trinajstić information content (AvgIpc) is 2.72. The Morgan fingerprint density at radius 1 is 1.15 bits per heavy atom. The number of carbonyl (C=O) groups excluding carboxylic acids is 1. The highest BCUT2D eigenvalue weighted by atomic mass is 16.5. The third-order valence-corrected chi connectivity index (χ3v) is 5.99. The van der Waals surface area contributed by atoms with Crippen molar-refractivity contribution in [3.05, 3.63) is 59.7 Å². The fourth-order valence-electron chi connectivity index (χ4n) is 4.71. The van der Waals surface area contributed by atoms with Crippen molar-refractivity contribution in [3.8, 4) is 0 Å². The smallest absolute Gasteiger partial charge is 0.226 e. The van der Waals surface area contributed by atoms with Gasteiger partial charge in [0.25, 0.3) is 0 Å². The predicted molar refractivity (Wildman–Crippen MR) is 109 cm³/mol. The molecule has 3 unspecified atom stereocenters. The second-order valence-electron chi connectivity index (χ2n) is 7.68. The van der Waals surface area contributed by atoms with Crippen molar-refractivity contribution in [2.45, 2.75) is 44.1 Å². The van der Waals surface area contributed by atoms with Crippen LogP contribution in [0.3, 0.4) is 0 Å². The van der Waals surface area contributed by atoms with Crippen molar-refractivity contribution >= 4 is 17.3 Å².